The highest BCUT2D eigenvalue weighted by molar-refractivity contribution is 5.88. The molecule has 3 heterocycles. The predicted molar refractivity (Wildman–Crippen MR) is 86.4 cm³/mol. The van der Waals surface area contributed by atoms with Crippen molar-refractivity contribution >= 4 is 11.4 Å². The molecule has 3 N–H and O–H groups in total. The molecule has 0 bridgehead atoms. The molecule has 1 atom stereocenters. The molecular formula is C17H20N4. The highest BCUT2D eigenvalue weighted by Crippen LogP contribution is 2.41. The Morgan fingerprint density at radius 2 is 2.29 bits per heavy atom. The number of pyridine rings is 1. The van der Waals surface area contributed by atoms with Crippen molar-refractivity contribution < 1.29 is 0 Å². The van der Waals surface area contributed by atoms with Crippen LogP contribution in [0.15, 0.2) is 30.5 Å². The molecule has 1 saturated heterocycles. The van der Waals surface area contributed by atoms with Gasteiger partial charge in [0.15, 0.2) is 0 Å². The number of aromatic nitrogens is 1. The Morgan fingerprint density at radius 3 is 3.10 bits per heavy atom. The van der Waals surface area contributed by atoms with Gasteiger partial charge in [-0.25, -0.2) is 0 Å². The van der Waals surface area contributed by atoms with E-state index in [1.165, 1.54) is 17.5 Å². The zero-order valence-electron chi connectivity index (χ0n) is 12.3. The highest BCUT2D eigenvalue weighted by Gasteiger charge is 2.25. The third-order valence-corrected chi connectivity index (χ3v) is 4.63. The second kappa shape index (κ2) is 4.74. The number of nitrogens with zero attached hydrogens (tertiary/aromatic N) is 2. The molecule has 0 amide bonds. The Morgan fingerprint density at radius 1 is 1.38 bits per heavy atom. The largest absolute Gasteiger partial charge is 0.397 e. The minimum absolute atomic E-state index is 0.607. The van der Waals surface area contributed by atoms with Crippen molar-refractivity contribution in [2.45, 2.75) is 18.9 Å². The summed E-state index contributed by atoms with van der Waals surface area (Å²) in [6.07, 6.45) is 3.26. The van der Waals surface area contributed by atoms with Gasteiger partial charge in [-0.1, -0.05) is 12.1 Å². The molecular weight excluding hydrogens is 260 g/mol. The van der Waals surface area contributed by atoms with Crippen molar-refractivity contribution in [1.29, 1.82) is 0 Å². The van der Waals surface area contributed by atoms with Crippen molar-refractivity contribution in [3.05, 3.63) is 41.6 Å². The summed E-state index contributed by atoms with van der Waals surface area (Å²) < 4.78 is 0. The summed E-state index contributed by atoms with van der Waals surface area (Å²) in [5, 5.41) is 3.43. The number of nitrogen functional groups attached to an aromatic ring is 1. The average molecular weight is 280 g/mol. The van der Waals surface area contributed by atoms with Crippen LogP contribution in [0.5, 0.6) is 0 Å². The van der Waals surface area contributed by atoms with E-state index in [4.69, 9.17) is 10.7 Å². The van der Waals surface area contributed by atoms with E-state index in [0.29, 0.717) is 5.92 Å². The van der Waals surface area contributed by atoms with Crippen LogP contribution in [0.2, 0.25) is 0 Å². The van der Waals surface area contributed by atoms with Gasteiger partial charge in [0.25, 0.3) is 0 Å². The maximum Gasteiger partial charge on any atom is 0.0773 e. The predicted octanol–water partition coefficient (Wildman–Crippen LogP) is 2.36. The number of anilines is 2. The van der Waals surface area contributed by atoms with E-state index >= 15 is 0 Å². The minimum atomic E-state index is 0.607. The van der Waals surface area contributed by atoms with E-state index in [-0.39, 0.29) is 0 Å². The second-order valence-corrected chi connectivity index (χ2v) is 6.07. The van der Waals surface area contributed by atoms with Crippen molar-refractivity contribution in [2.75, 3.05) is 30.8 Å². The number of para-hydroxylation sites is 1. The van der Waals surface area contributed by atoms with Crippen LogP contribution in [0.25, 0.3) is 11.3 Å². The lowest BCUT2D eigenvalue weighted by Gasteiger charge is -2.30. The molecule has 21 heavy (non-hydrogen) atoms. The van der Waals surface area contributed by atoms with Crippen LogP contribution in [0.4, 0.5) is 11.4 Å². The van der Waals surface area contributed by atoms with Gasteiger partial charge in [0.1, 0.15) is 0 Å². The van der Waals surface area contributed by atoms with E-state index in [2.05, 4.69) is 35.6 Å². The number of hydrogen-bond acceptors (Lipinski definition) is 4. The summed E-state index contributed by atoms with van der Waals surface area (Å²) in [6, 6.07) is 8.42. The van der Waals surface area contributed by atoms with E-state index in [1.54, 1.807) is 0 Å². The lowest BCUT2D eigenvalue weighted by Crippen LogP contribution is -2.23. The minimum Gasteiger partial charge on any atom is -0.397 e. The maximum atomic E-state index is 6.14. The van der Waals surface area contributed by atoms with Crippen LogP contribution in [0.3, 0.4) is 0 Å². The SMILES string of the molecule is CN1Cc2cc(C3CCNC3)cnc2-c2cccc(N)c21. The van der Waals surface area contributed by atoms with Crippen molar-refractivity contribution in [2.24, 2.45) is 0 Å². The van der Waals surface area contributed by atoms with E-state index in [1.807, 2.05) is 12.1 Å². The Labute approximate surface area is 125 Å². The van der Waals surface area contributed by atoms with Gasteiger partial charge in [-0.2, -0.15) is 0 Å². The van der Waals surface area contributed by atoms with Crippen LogP contribution in [-0.2, 0) is 6.54 Å². The first kappa shape index (κ1) is 12.7. The molecule has 0 spiro atoms. The third kappa shape index (κ3) is 1.98. The molecule has 2 aromatic rings. The quantitative estimate of drug-likeness (QED) is 0.787. The molecule has 4 heteroatoms. The topological polar surface area (TPSA) is 54.2 Å². The Hall–Kier alpha value is -2.07. The molecule has 2 aliphatic heterocycles. The first-order valence-electron chi connectivity index (χ1n) is 7.53. The Balaban J connectivity index is 1.82. The number of rotatable bonds is 1. The van der Waals surface area contributed by atoms with Crippen LogP contribution in [-0.4, -0.2) is 25.1 Å². The van der Waals surface area contributed by atoms with Gasteiger partial charge in [-0.05, 0) is 42.1 Å². The van der Waals surface area contributed by atoms with Gasteiger partial charge < -0.3 is 16.0 Å². The van der Waals surface area contributed by atoms with Gasteiger partial charge in [-0.3, -0.25) is 4.98 Å². The van der Waals surface area contributed by atoms with E-state index in [0.717, 1.165) is 42.3 Å². The van der Waals surface area contributed by atoms with Gasteiger partial charge >= 0.3 is 0 Å². The van der Waals surface area contributed by atoms with Crippen LogP contribution < -0.4 is 16.0 Å². The molecule has 1 unspecified atom stereocenters. The number of nitrogens with one attached hydrogen (secondary N) is 1. The molecule has 0 aliphatic carbocycles. The van der Waals surface area contributed by atoms with Gasteiger partial charge in [-0.15, -0.1) is 0 Å². The summed E-state index contributed by atoms with van der Waals surface area (Å²) in [5.41, 5.74) is 13.0. The smallest absolute Gasteiger partial charge is 0.0773 e. The van der Waals surface area contributed by atoms with E-state index in [9.17, 15) is 0 Å². The molecule has 108 valence electrons. The van der Waals surface area contributed by atoms with Crippen molar-refractivity contribution in [3.63, 3.8) is 0 Å². The fourth-order valence-corrected chi connectivity index (χ4v) is 3.57. The zero-order valence-corrected chi connectivity index (χ0v) is 12.3. The fourth-order valence-electron chi connectivity index (χ4n) is 3.57. The molecule has 2 aliphatic rings. The molecule has 1 aromatic heterocycles. The Kier molecular flexibility index (Phi) is 2.86. The summed E-state index contributed by atoms with van der Waals surface area (Å²) in [4.78, 5) is 7.00. The first-order chi connectivity index (χ1) is 10.2. The fraction of sp³-hybridized carbons (Fsp3) is 0.353. The number of fused-ring (bicyclic) bond motifs is 3. The number of benzene rings is 1. The number of hydrogen-bond donors (Lipinski definition) is 2. The first-order valence-corrected chi connectivity index (χ1v) is 7.53. The summed E-state index contributed by atoms with van der Waals surface area (Å²) in [7, 11) is 2.10. The third-order valence-electron chi connectivity index (χ3n) is 4.63. The van der Waals surface area contributed by atoms with Crippen molar-refractivity contribution in [3.8, 4) is 11.3 Å². The molecule has 4 rings (SSSR count). The highest BCUT2D eigenvalue weighted by atomic mass is 15.1. The normalized spacial score (nSPS) is 20.2. The van der Waals surface area contributed by atoms with E-state index < -0.39 is 0 Å². The van der Waals surface area contributed by atoms with Gasteiger partial charge in [0.05, 0.1) is 17.1 Å². The molecule has 1 fully saturated rings. The standard InChI is InChI=1S/C17H20N4/c1-21-10-13-7-12(11-5-6-19-8-11)9-20-16(13)14-3-2-4-15(18)17(14)21/h2-4,7,9,11,19H,5-6,8,10,18H2,1H3. The average Bonchev–Trinajstić information content (AvgIpc) is 3.01. The van der Waals surface area contributed by atoms with Gasteiger partial charge in [0, 0.05) is 31.9 Å². The van der Waals surface area contributed by atoms with Crippen molar-refractivity contribution in [1.82, 2.24) is 10.3 Å². The monoisotopic (exact) mass is 280 g/mol. The lowest BCUT2D eigenvalue weighted by atomic mass is 9.93. The number of nitrogens with two attached hydrogens (primary N) is 1. The molecule has 1 aromatic carbocycles. The lowest BCUT2D eigenvalue weighted by molar-refractivity contribution is 0.754. The maximum absolute atomic E-state index is 6.14. The Bertz CT molecular complexity index is 689. The molecule has 4 nitrogen and oxygen atoms in total. The van der Waals surface area contributed by atoms with Gasteiger partial charge in [0.2, 0.25) is 0 Å². The molecule has 0 radical (unpaired) electrons. The van der Waals surface area contributed by atoms with Crippen LogP contribution in [0, 0.1) is 0 Å². The summed E-state index contributed by atoms with van der Waals surface area (Å²) >= 11 is 0. The summed E-state index contributed by atoms with van der Waals surface area (Å²) in [6.45, 7) is 3.05. The van der Waals surface area contributed by atoms with Crippen LogP contribution >= 0.6 is 0 Å². The zero-order chi connectivity index (χ0) is 14.4. The molecule has 0 saturated carbocycles. The second-order valence-electron chi connectivity index (χ2n) is 6.07. The van der Waals surface area contributed by atoms with Crippen LogP contribution in [0.1, 0.15) is 23.5 Å². The summed E-state index contributed by atoms with van der Waals surface area (Å²) in [5.74, 6) is 0.607.